The van der Waals surface area contributed by atoms with Crippen LogP contribution in [-0.2, 0) is 14.8 Å². The third kappa shape index (κ3) is 4.32. The maximum Gasteiger partial charge on any atom is 0.262 e. The van der Waals surface area contributed by atoms with Crippen LogP contribution in [0, 0.1) is 0 Å². The number of methoxy groups -OCH3 is 1. The van der Waals surface area contributed by atoms with Crippen molar-refractivity contribution in [3.8, 4) is 16.9 Å². The minimum atomic E-state index is -3.91. The number of ether oxygens (including phenoxy) is 1. The summed E-state index contributed by atoms with van der Waals surface area (Å²) < 4.78 is 34.1. The summed E-state index contributed by atoms with van der Waals surface area (Å²) in [5, 5.41) is 2.63. The van der Waals surface area contributed by atoms with Crippen LogP contribution < -0.4 is 14.8 Å². The molecule has 6 nitrogen and oxygen atoms in total. The van der Waals surface area contributed by atoms with Gasteiger partial charge in [-0.3, -0.25) is 9.52 Å². The lowest BCUT2D eigenvalue weighted by Gasteiger charge is -2.15. The Balaban J connectivity index is 2.03. The molecule has 144 valence electrons. The summed E-state index contributed by atoms with van der Waals surface area (Å²) in [4.78, 5) is 11.5. The zero-order valence-electron chi connectivity index (χ0n) is 15.5. The van der Waals surface area contributed by atoms with Crippen LogP contribution in [0.4, 0.5) is 11.4 Å². The first-order valence-electron chi connectivity index (χ1n) is 8.53. The number of hydrogen-bond donors (Lipinski definition) is 2. The monoisotopic (exact) mass is 396 g/mol. The minimum absolute atomic E-state index is 0.146. The lowest BCUT2D eigenvalue weighted by Crippen LogP contribution is -2.15. The summed E-state index contributed by atoms with van der Waals surface area (Å²) in [5.74, 6) is 0.0864. The Kier molecular flexibility index (Phi) is 5.65. The van der Waals surface area contributed by atoms with Gasteiger partial charge in [0.1, 0.15) is 5.75 Å². The van der Waals surface area contributed by atoms with Gasteiger partial charge >= 0.3 is 0 Å². The molecule has 28 heavy (non-hydrogen) atoms. The van der Waals surface area contributed by atoms with Crippen LogP contribution in [-0.4, -0.2) is 21.4 Å². The van der Waals surface area contributed by atoms with Crippen LogP contribution in [0.25, 0.3) is 11.1 Å². The maximum atomic E-state index is 13.1. The molecular formula is C21H20N2O4S. The van der Waals surface area contributed by atoms with Crippen molar-refractivity contribution >= 4 is 27.3 Å². The fourth-order valence-corrected chi connectivity index (χ4v) is 4.12. The molecule has 0 heterocycles. The van der Waals surface area contributed by atoms with Gasteiger partial charge in [-0.05, 0) is 29.8 Å². The Bertz CT molecular complexity index is 1100. The molecule has 0 spiro atoms. The van der Waals surface area contributed by atoms with E-state index in [4.69, 9.17) is 4.74 Å². The second-order valence-electron chi connectivity index (χ2n) is 6.06. The maximum absolute atomic E-state index is 13.1. The first-order chi connectivity index (χ1) is 13.4. The zero-order valence-corrected chi connectivity index (χ0v) is 16.3. The predicted octanol–water partition coefficient (Wildman–Crippen LogP) is 4.12. The number of nitrogens with one attached hydrogen (secondary N) is 2. The van der Waals surface area contributed by atoms with Crippen LogP contribution in [0.1, 0.15) is 6.92 Å². The molecule has 3 rings (SSSR count). The second-order valence-corrected chi connectivity index (χ2v) is 7.71. The fourth-order valence-electron chi connectivity index (χ4n) is 2.83. The molecule has 0 unspecified atom stereocenters. The van der Waals surface area contributed by atoms with Gasteiger partial charge in [0, 0.05) is 18.2 Å². The van der Waals surface area contributed by atoms with Gasteiger partial charge in [0.2, 0.25) is 5.91 Å². The van der Waals surface area contributed by atoms with Crippen molar-refractivity contribution in [1.82, 2.24) is 0 Å². The number of sulfonamides is 1. The Morgan fingerprint density at radius 3 is 2.29 bits per heavy atom. The largest absolute Gasteiger partial charge is 0.495 e. The van der Waals surface area contributed by atoms with E-state index in [2.05, 4.69) is 10.0 Å². The highest BCUT2D eigenvalue weighted by Crippen LogP contribution is 2.33. The summed E-state index contributed by atoms with van der Waals surface area (Å²) in [5.41, 5.74) is 2.08. The van der Waals surface area contributed by atoms with Crippen molar-refractivity contribution < 1.29 is 17.9 Å². The van der Waals surface area contributed by atoms with Crippen LogP contribution in [0.2, 0.25) is 0 Å². The van der Waals surface area contributed by atoms with E-state index in [-0.39, 0.29) is 16.5 Å². The van der Waals surface area contributed by atoms with Crippen molar-refractivity contribution in [2.75, 3.05) is 17.1 Å². The predicted molar refractivity (Wildman–Crippen MR) is 110 cm³/mol. The van der Waals surface area contributed by atoms with E-state index < -0.39 is 10.0 Å². The standard InChI is InChI=1S/C21H20N2O4S/c1-15(24)22-17-12-13-20(27-2)19(14-17)23-28(25,26)21-11-7-6-10-18(21)16-8-4-3-5-9-16/h3-14,23H,1-2H3,(H,22,24). The van der Waals surface area contributed by atoms with E-state index >= 15 is 0 Å². The summed E-state index contributed by atoms with van der Waals surface area (Å²) in [6.07, 6.45) is 0. The second kappa shape index (κ2) is 8.14. The van der Waals surface area contributed by atoms with E-state index in [1.165, 1.54) is 20.1 Å². The van der Waals surface area contributed by atoms with E-state index in [1.807, 2.05) is 30.3 Å². The average molecular weight is 396 g/mol. The smallest absolute Gasteiger partial charge is 0.262 e. The molecule has 1 amide bonds. The number of carbonyl (C=O) groups excluding carboxylic acids is 1. The third-order valence-corrected chi connectivity index (χ3v) is 5.45. The van der Waals surface area contributed by atoms with Crippen molar-refractivity contribution in [1.29, 1.82) is 0 Å². The molecule has 0 saturated heterocycles. The molecule has 0 bridgehead atoms. The highest BCUT2D eigenvalue weighted by Gasteiger charge is 2.21. The Morgan fingerprint density at radius 1 is 0.929 bits per heavy atom. The average Bonchev–Trinajstić information content (AvgIpc) is 2.68. The molecule has 0 atom stereocenters. The molecule has 0 saturated carbocycles. The molecular weight excluding hydrogens is 376 g/mol. The number of benzene rings is 3. The highest BCUT2D eigenvalue weighted by molar-refractivity contribution is 7.92. The summed E-state index contributed by atoms with van der Waals surface area (Å²) in [6.45, 7) is 1.38. The number of anilines is 2. The molecule has 2 N–H and O–H groups in total. The quantitative estimate of drug-likeness (QED) is 0.656. The summed E-state index contributed by atoms with van der Waals surface area (Å²) >= 11 is 0. The van der Waals surface area contributed by atoms with E-state index in [9.17, 15) is 13.2 Å². The molecule has 0 aliphatic rings. The minimum Gasteiger partial charge on any atom is -0.495 e. The first-order valence-corrected chi connectivity index (χ1v) is 10.0. The Morgan fingerprint density at radius 2 is 1.61 bits per heavy atom. The van der Waals surface area contributed by atoms with Crippen LogP contribution in [0.5, 0.6) is 5.75 Å². The van der Waals surface area contributed by atoms with Crippen molar-refractivity contribution in [2.24, 2.45) is 0 Å². The van der Waals surface area contributed by atoms with Crippen LogP contribution in [0.3, 0.4) is 0 Å². The lowest BCUT2D eigenvalue weighted by molar-refractivity contribution is -0.114. The van der Waals surface area contributed by atoms with Crippen molar-refractivity contribution in [3.05, 3.63) is 72.8 Å². The number of amides is 1. The van der Waals surface area contributed by atoms with Gasteiger partial charge in [-0.15, -0.1) is 0 Å². The van der Waals surface area contributed by atoms with E-state index in [0.717, 1.165) is 5.56 Å². The lowest BCUT2D eigenvalue weighted by atomic mass is 10.1. The molecule has 3 aromatic rings. The summed E-state index contributed by atoms with van der Waals surface area (Å²) in [6, 6.07) is 20.8. The first kappa shape index (κ1) is 19.4. The zero-order chi connectivity index (χ0) is 20.1. The molecule has 3 aromatic carbocycles. The van der Waals surface area contributed by atoms with E-state index in [0.29, 0.717) is 17.0 Å². The SMILES string of the molecule is COc1ccc(NC(C)=O)cc1NS(=O)(=O)c1ccccc1-c1ccccc1. The van der Waals surface area contributed by atoms with Gasteiger partial charge in [-0.25, -0.2) is 8.42 Å². The van der Waals surface area contributed by atoms with E-state index in [1.54, 1.807) is 36.4 Å². The normalized spacial score (nSPS) is 10.9. The number of hydrogen-bond acceptors (Lipinski definition) is 4. The van der Waals surface area contributed by atoms with Crippen LogP contribution in [0.15, 0.2) is 77.7 Å². The molecule has 0 aromatic heterocycles. The van der Waals surface area contributed by atoms with Gasteiger partial charge in [0.25, 0.3) is 10.0 Å². The number of carbonyl (C=O) groups is 1. The molecule has 0 aliphatic heterocycles. The van der Waals surface area contributed by atoms with Gasteiger partial charge in [-0.1, -0.05) is 48.5 Å². The van der Waals surface area contributed by atoms with Gasteiger partial charge in [0.15, 0.2) is 0 Å². The van der Waals surface area contributed by atoms with Crippen molar-refractivity contribution in [3.63, 3.8) is 0 Å². The fraction of sp³-hybridized carbons (Fsp3) is 0.0952. The van der Waals surface area contributed by atoms with Gasteiger partial charge < -0.3 is 10.1 Å². The van der Waals surface area contributed by atoms with Crippen LogP contribution >= 0.6 is 0 Å². The van der Waals surface area contributed by atoms with Gasteiger partial charge in [0.05, 0.1) is 17.7 Å². The Labute approximate surface area is 164 Å². The van der Waals surface area contributed by atoms with Crippen molar-refractivity contribution in [2.45, 2.75) is 11.8 Å². The number of rotatable bonds is 6. The molecule has 0 fully saturated rings. The third-order valence-electron chi connectivity index (χ3n) is 4.03. The highest BCUT2D eigenvalue weighted by atomic mass is 32.2. The van der Waals surface area contributed by atoms with Gasteiger partial charge in [-0.2, -0.15) is 0 Å². The molecule has 0 radical (unpaired) electrons. The summed E-state index contributed by atoms with van der Waals surface area (Å²) in [7, 11) is -2.47. The Hall–Kier alpha value is -3.32. The topological polar surface area (TPSA) is 84.5 Å². The molecule has 0 aliphatic carbocycles. The molecule has 7 heteroatoms.